The molecule has 14 heavy (non-hydrogen) atoms. The lowest BCUT2D eigenvalue weighted by atomic mass is 10.4. The first-order valence-corrected chi connectivity index (χ1v) is 4.28. The molecule has 5 N–H and O–H groups in total. The normalized spacial score (nSPS) is 12.5. The molecule has 0 radical (unpaired) electrons. The van der Waals surface area contributed by atoms with Crippen molar-refractivity contribution in [2.75, 3.05) is 18.4 Å². The molecule has 0 saturated heterocycles. The standard InChI is InChI=1S/C8H14N4O2/c1-9-4-5-10-8-3-2-7(6-11-8)12(13)14/h2-3,6,12-13H,1,4-5,9H2,(H,10,11). The number of anilines is 1. The van der Waals surface area contributed by atoms with Gasteiger partial charge in [0.15, 0.2) is 5.69 Å². The molecule has 1 unspecified atom stereocenters. The lowest BCUT2D eigenvalue weighted by Gasteiger charge is -2.11. The predicted molar refractivity (Wildman–Crippen MR) is 50.7 cm³/mol. The van der Waals surface area contributed by atoms with Crippen LogP contribution in [0.25, 0.3) is 0 Å². The van der Waals surface area contributed by atoms with E-state index in [4.69, 9.17) is 5.21 Å². The zero-order valence-corrected chi connectivity index (χ0v) is 7.73. The van der Waals surface area contributed by atoms with E-state index in [1.54, 1.807) is 11.4 Å². The number of quaternary nitrogens is 2. The van der Waals surface area contributed by atoms with Crippen LogP contribution in [0, 0.1) is 12.3 Å². The molecule has 1 rings (SSSR count). The van der Waals surface area contributed by atoms with Crippen LogP contribution in [0.1, 0.15) is 0 Å². The molecule has 0 aliphatic heterocycles. The van der Waals surface area contributed by atoms with E-state index in [0.717, 1.165) is 13.1 Å². The predicted octanol–water partition coefficient (Wildman–Crippen LogP) is -1.75. The summed E-state index contributed by atoms with van der Waals surface area (Å²) >= 11 is 0. The minimum absolute atomic E-state index is 0.194. The number of nitrogens with one attached hydrogen (secondary N) is 2. The molecule has 6 nitrogen and oxygen atoms in total. The molecule has 78 valence electrons. The van der Waals surface area contributed by atoms with Gasteiger partial charge in [-0.05, 0) is 6.07 Å². The van der Waals surface area contributed by atoms with Gasteiger partial charge in [0.05, 0.1) is 19.3 Å². The van der Waals surface area contributed by atoms with Crippen LogP contribution in [0.5, 0.6) is 0 Å². The Labute approximate surface area is 82.1 Å². The maximum Gasteiger partial charge on any atom is 0.182 e. The maximum absolute atomic E-state index is 10.5. The summed E-state index contributed by atoms with van der Waals surface area (Å²) in [5.74, 6) is 0.678. The highest BCUT2D eigenvalue weighted by atomic mass is 16.8. The average Bonchev–Trinajstić information content (AvgIpc) is 2.19. The van der Waals surface area contributed by atoms with Crippen LogP contribution >= 0.6 is 0 Å². The van der Waals surface area contributed by atoms with Gasteiger partial charge >= 0.3 is 0 Å². The summed E-state index contributed by atoms with van der Waals surface area (Å²) in [6.07, 6.45) is 1.33. The third-order valence-electron chi connectivity index (χ3n) is 1.67. The summed E-state index contributed by atoms with van der Waals surface area (Å²) in [4.78, 5) is 3.95. The molecule has 0 spiro atoms. The van der Waals surface area contributed by atoms with Gasteiger partial charge in [-0.1, -0.05) is 0 Å². The molecule has 6 heteroatoms. The fourth-order valence-electron chi connectivity index (χ4n) is 0.927. The van der Waals surface area contributed by atoms with Crippen molar-refractivity contribution in [3.05, 3.63) is 30.6 Å². The number of hydrogen-bond acceptors (Lipinski definition) is 4. The van der Waals surface area contributed by atoms with E-state index >= 15 is 0 Å². The minimum atomic E-state index is -0.963. The van der Waals surface area contributed by atoms with Gasteiger partial charge < -0.3 is 15.8 Å². The van der Waals surface area contributed by atoms with E-state index in [9.17, 15) is 5.21 Å². The smallest absolute Gasteiger partial charge is 0.182 e. The molecular formula is C8H14N4O2. The van der Waals surface area contributed by atoms with Crippen molar-refractivity contribution < 1.29 is 15.8 Å². The highest BCUT2D eigenvalue weighted by Gasteiger charge is 1.99. The molecule has 0 aromatic carbocycles. The molecule has 1 aromatic rings. The van der Waals surface area contributed by atoms with Crippen LogP contribution in [0.2, 0.25) is 0 Å². The number of aromatic nitrogens is 1. The van der Waals surface area contributed by atoms with Gasteiger partial charge in [0.1, 0.15) is 5.82 Å². The first-order valence-electron chi connectivity index (χ1n) is 4.28. The Morgan fingerprint density at radius 2 is 2.43 bits per heavy atom. The maximum atomic E-state index is 10.5. The van der Waals surface area contributed by atoms with Gasteiger partial charge in [0.25, 0.3) is 0 Å². The third-order valence-corrected chi connectivity index (χ3v) is 1.67. The number of hydrogen-bond donors (Lipinski definition) is 4. The van der Waals surface area contributed by atoms with Crippen molar-refractivity contribution in [2.24, 2.45) is 0 Å². The molecule has 1 heterocycles. The second-order valence-electron chi connectivity index (χ2n) is 2.74. The van der Waals surface area contributed by atoms with E-state index in [1.165, 1.54) is 12.3 Å². The van der Waals surface area contributed by atoms with Crippen LogP contribution in [-0.4, -0.2) is 23.3 Å². The molecule has 0 aliphatic carbocycles. The Kier molecular flexibility index (Phi) is 4.27. The van der Waals surface area contributed by atoms with Gasteiger partial charge in [0, 0.05) is 6.07 Å². The summed E-state index contributed by atoms with van der Waals surface area (Å²) in [5.41, 5.74) is 0.194. The summed E-state index contributed by atoms with van der Waals surface area (Å²) in [7, 11) is 3.59. The summed E-state index contributed by atoms with van der Waals surface area (Å²) in [6, 6.07) is 3.16. The summed E-state index contributed by atoms with van der Waals surface area (Å²) in [6.45, 7) is 1.60. The highest BCUT2D eigenvalue weighted by Crippen LogP contribution is 2.04. The summed E-state index contributed by atoms with van der Waals surface area (Å²) < 4.78 is 0. The molecule has 0 amide bonds. The van der Waals surface area contributed by atoms with E-state index in [0.29, 0.717) is 5.82 Å². The zero-order valence-electron chi connectivity index (χ0n) is 7.73. The second kappa shape index (κ2) is 5.51. The Hall–Kier alpha value is -1.21. The fourth-order valence-corrected chi connectivity index (χ4v) is 0.927. The lowest BCUT2D eigenvalue weighted by molar-refractivity contribution is -0.991. The Bertz CT molecular complexity index is 263. The van der Waals surface area contributed by atoms with Crippen LogP contribution in [0.15, 0.2) is 18.3 Å². The topological polar surface area (TPSA) is 89.3 Å². The Balaban J connectivity index is 2.47. The molecular weight excluding hydrogens is 184 g/mol. The van der Waals surface area contributed by atoms with Gasteiger partial charge in [-0.25, -0.2) is 10.2 Å². The lowest BCUT2D eigenvalue weighted by Crippen LogP contribution is -2.99. The van der Waals surface area contributed by atoms with Gasteiger partial charge in [-0.2, -0.15) is 12.3 Å². The number of nitrogens with two attached hydrogens (primary N) is 1. The van der Waals surface area contributed by atoms with E-state index in [-0.39, 0.29) is 5.69 Å². The number of nitrogens with zero attached hydrogens (tertiary/aromatic N) is 1. The first-order chi connectivity index (χ1) is 6.74. The molecule has 0 saturated carbocycles. The minimum Gasteiger partial charge on any atom is -0.595 e. The molecule has 1 atom stereocenters. The van der Waals surface area contributed by atoms with Crippen LogP contribution in [0.4, 0.5) is 11.5 Å². The highest BCUT2D eigenvalue weighted by molar-refractivity contribution is 5.39. The monoisotopic (exact) mass is 198 g/mol. The average molecular weight is 198 g/mol. The van der Waals surface area contributed by atoms with E-state index in [1.807, 2.05) is 0 Å². The van der Waals surface area contributed by atoms with Crippen molar-refractivity contribution in [1.29, 1.82) is 0 Å². The second-order valence-corrected chi connectivity index (χ2v) is 2.74. The Morgan fingerprint density at radius 3 is 2.93 bits per heavy atom. The first kappa shape index (κ1) is 10.9. The van der Waals surface area contributed by atoms with E-state index in [2.05, 4.69) is 17.3 Å². The SMILES string of the molecule is [CH2-][NH2+]CCNc1ccc([NH+]([O-])O)cn1. The van der Waals surface area contributed by atoms with Crippen molar-refractivity contribution in [3.63, 3.8) is 0 Å². The Morgan fingerprint density at radius 1 is 1.64 bits per heavy atom. The fraction of sp³-hybridized carbons (Fsp3) is 0.250. The molecule has 0 aliphatic rings. The van der Waals surface area contributed by atoms with Gasteiger partial charge in [-0.15, -0.1) is 0 Å². The largest absolute Gasteiger partial charge is 0.595 e. The van der Waals surface area contributed by atoms with Crippen LogP contribution in [-0.2, 0) is 0 Å². The van der Waals surface area contributed by atoms with Gasteiger partial charge in [-0.3, -0.25) is 0 Å². The number of rotatable bonds is 5. The summed E-state index contributed by atoms with van der Waals surface area (Å²) in [5, 5.41) is 23.0. The van der Waals surface area contributed by atoms with E-state index < -0.39 is 5.23 Å². The zero-order chi connectivity index (χ0) is 10.4. The van der Waals surface area contributed by atoms with Crippen molar-refractivity contribution in [3.8, 4) is 0 Å². The third kappa shape index (κ3) is 3.27. The number of pyridine rings is 1. The molecule has 0 bridgehead atoms. The quantitative estimate of drug-likeness (QED) is 0.257. The molecule has 0 fully saturated rings. The van der Waals surface area contributed by atoms with Crippen molar-refractivity contribution in [1.82, 2.24) is 4.98 Å². The van der Waals surface area contributed by atoms with Crippen molar-refractivity contribution >= 4 is 11.5 Å². The van der Waals surface area contributed by atoms with Crippen LogP contribution < -0.4 is 15.9 Å². The van der Waals surface area contributed by atoms with Gasteiger partial charge in [0.2, 0.25) is 0 Å². The molecule has 1 aromatic heterocycles. The van der Waals surface area contributed by atoms with Crippen molar-refractivity contribution in [2.45, 2.75) is 0 Å². The van der Waals surface area contributed by atoms with Crippen LogP contribution in [0.3, 0.4) is 0 Å².